The summed E-state index contributed by atoms with van der Waals surface area (Å²) in [6.07, 6.45) is 7.27. The number of nitrogens with two attached hydrogens (primary N) is 1. The van der Waals surface area contributed by atoms with Crippen LogP contribution in [0.4, 0.5) is 11.4 Å². The number of pyridine rings is 1. The zero-order valence-electron chi connectivity index (χ0n) is 13.0. The molecule has 1 aromatic heterocycles. The molecule has 2 aromatic rings. The summed E-state index contributed by atoms with van der Waals surface area (Å²) < 4.78 is 0.115. The summed E-state index contributed by atoms with van der Waals surface area (Å²) in [6.45, 7) is 4.90. The van der Waals surface area contributed by atoms with Crippen LogP contribution < -0.4 is 15.5 Å². The van der Waals surface area contributed by atoms with E-state index in [0.717, 1.165) is 16.9 Å². The molecule has 6 heteroatoms. The SMILES string of the molecule is CC(C)(C)[O-].N[N+]1(c2cncc(Cl)c2)C=Cc2ccccc21.[KH]. The van der Waals surface area contributed by atoms with Crippen LogP contribution in [0.15, 0.2) is 48.9 Å². The summed E-state index contributed by atoms with van der Waals surface area (Å²) in [5, 5.41) is 10.7. The van der Waals surface area contributed by atoms with E-state index >= 15 is 0 Å². The number of quaternary nitrogens is 1. The molecule has 0 fully saturated rings. The van der Waals surface area contributed by atoms with Gasteiger partial charge in [-0.15, -0.1) is 5.60 Å². The number of hydrogen-bond donors (Lipinski definition) is 1. The van der Waals surface area contributed by atoms with E-state index in [-0.39, 0.29) is 56.0 Å². The quantitative estimate of drug-likeness (QED) is 0.485. The first-order valence-corrected chi connectivity index (χ1v) is 7.36. The molecule has 1 aliphatic rings. The van der Waals surface area contributed by atoms with Crippen molar-refractivity contribution >= 4 is 80.4 Å². The average Bonchev–Trinajstić information content (AvgIpc) is 2.77. The van der Waals surface area contributed by atoms with Gasteiger partial charge in [-0.25, -0.2) is 0 Å². The third-order valence-corrected chi connectivity index (χ3v) is 3.15. The van der Waals surface area contributed by atoms with Gasteiger partial charge in [-0.1, -0.05) is 44.5 Å². The maximum absolute atomic E-state index is 10.1. The van der Waals surface area contributed by atoms with Crippen LogP contribution in [0.5, 0.6) is 0 Å². The van der Waals surface area contributed by atoms with E-state index in [1.54, 1.807) is 33.2 Å². The van der Waals surface area contributed by atoms with Crippen LogP contribution in [0.3, 0.4) is 0 Å². The molecule has 1 aliphatic heterocycles. The monoisotopic (exact) mass is 357 g/mol. The summed E-state index contributed by atoms with van der Waals surface area (Å²) in [7, 11) is 0. The predicted octanol–water partition coefficient (Wildman–Crippen LogP) is 2.73. The van der Waals surface area contributed by atoms with Crippen LogP contribution >= 0.6 is 11.6 Å². The summed E-state index contributed by atoms with van der Waals surface area (Å²) in [6, 6.07) is 9.85. The van der Waals surface area contributed by atoms with Crippen LogP contribution in [0.2, 0.25) is 5.02 Å². The van der Waals surface area contributed by atoms with Crippen LogP contribution in [-0.4, -0.2) is 62.0 Å². The van der Waals surface area contributed by atoms with Crippen LogP contribution in [0.25, 0.3) is 6.08 Å². The molecule has 1 aromatic carbocycles. The minimum atomic E-state index is -0.750. The van der Waals surface area contributed by atoms with Gasteiger partial charge in [0, 0.05) is 30.0 Å². The van der Waals surface area contributed by atoms with Crippen molar-refractivity contribution in [2.75, 3.05) is 0 Å². The van der Waals surface area contributed by atoms with Gasteiger partial charge in [-0.2, -0.15) is 10.4 Å². The van der Waals surface area contributed by atoms with E-state index in [4.69, 9.17) is 17.4 Å². The Labute approximate surface area is 185 Å². The fraction of sp³-hybridized carbons (Fsp3) is 0.235. The third-order valence-electron chi connectivity index (χ3n) is 2.94. The molecule has 118 valence electrons. The Bertz CT molecular complexity index is 694. The minimum absolute atomic E-state index is 0. The Morgan fingerprint density at radius 2 is 1.78 bits per heavy atom. The molecule has 2 heterocycles. The number of benzene rings is 1. The molecule has 1 unspecified atom stereocenters. The Hall–Kier alpha value is -0.0836. The number of fused-ring (bicyclic) bond motifs is 1. The van der Waals surface area contributed by atoms with Gasteiger partial charge in [0.25, 0.3) is 0 Å². The van der Waals surface area contributed by atoms with E-state index in [1.807, 2.05) is 42.6 Å². The summed E-state index contributed by atoms with van der Waals surface area (Å²) in [5.41, 5.74) is 2.24. The second kappa shape index (κ2) is 8.34. The van der Waals surface area contributed by atoms with Crippen molar-refractivity contribution in [1.82, 2.24) is 9.58 Å². The van der Waals surface area contributed by atoms with Gasteiger partial charge in [0.1, 0.15) is 6.20 Å². The first-order valence-electron chi connectivity index (χ1n) is 6.98. The van der Waals surface area contributed by atoms with Gasteiger partial charge >= 0.3 is 51.4 Å². The molecule has 0 aliphatic carbocycles. The zero-order chi connectivity index (χ0) is 16.4. The number of halogens is 1. The first kappa shape index (κ1) is 21.0. The number of aromatic nitrogens is 1. The van der Waals surface area contributed by atoms with Crippen molar-refractivity contribution in [2.24, 2.45) is 5.84 Å². The van der Waals surface area contributed by atoms with Gasteiger partial charge in [-0.05, 0) is 6.07 Å². The van der Waals surface area contributed by atoms with Gasteiger partial charge < -0.3 is 5.11 Å². The van der Waals surface area contributed by atoms with Crippen molar-refractivity contribution < 1.29 is 5.11 Å². The molecule has 0 radical (unpaired) electrons. The summed E-state index contributed by atoms with van der Waals surface area (Å²) in [5.74, 6) is 6.41. The molecular formula is C17H21ClKN3O. The van der Waals surface area contributed by atoms with Crippen LogP contribution in [-0.2, 0) is 0 Å². The molecule has 0 amide bonds. The fourth-order valence-electron chi connectivity index (χ4n) is 2.07. The number of para-hydroxylation sites is 1. The Morgan fingerprint density at radius 1 is 1.17 bits per heavy atom. The van der Waals surface area contributed by atoms with E-state index in [9.17, 15) is 5.11 Å². The summed E-state index contributed by atoms with van der Waals surface area (Å²) >= 11 is 5.96. The molecule has 0 spiro atoms. The van der Waals surface area contributed by atoms with E-state index in [2.05, 4.69) is 4.98 Å². The van der Waals surface area contributed by atoms with E-state index in [0.29, 0.717) is 5.02 Å². The molecule has 1 atom stereocenters. The van der Waals surface area contributed by atoms with E-state index in [1.165, 1.54) is 0 Å². The standard InChI is InChI=1S/C13H11ClN3.C4H9O.K.H/c14-11-7-12(9-16-8-11)17(15)6-5-10-3-1-2-4-13(10)17;1-4(2,3)5;;/h1-9H,15H2;1-3H3;;/q+1;-1;;. The van der Waals surface area contributed by atoms with Crippen molar-refractivity contribution in [3.8, 4) is 0 Å². The van der Waals surface area contributed by atoms with Gasteiger partial charge in [0.2, 0.25) is 0 Å². The fourth-order valence-corrected chi connectivity index (χ4v) is 2.24. The number of hydrogen-bond acceptors (Lipinski definition) is 3. The Morgan fingerprint density at radius 3 is 2.39 bits per heavy atom. The average molecular weight is 358 g/mol. The third kappa shape index (κ3) is 5.74. The molecule has 2 N–H and O–H groups in total. The van der Waals surface area contributed by atoms with Crippen LogP contribution in [0.1, 0.15) is 26.3 Å². The second-order valence-electron chi connectivity index (χ2n) is 6.13. The molecule has 4 nitrogen and oxygen atoms in total. The Kier molecular flexibility index (Phi) is 7.60. The predicted molar refractivity (Wildman–Crippen MR) is 97.3 cm³/mol. The number of rotatable bonds is 1. The van der Waals surface area contributed by atoms with Crippen molar-refractivity contribution in [3.63, 3.8) is 0 Å². The molecule has 0 saturated heterocycles. The maximum atomic E-state index is 10.1. The Balaban J connectivity index is 0.000000390. The van der Waals surface area contributed by atoms with Crippen LogP contribution in [0, 0.1) is 0 Å². The molecule has 0 bridgehead atoms. The topological polar surface area (TPSA) is 62.0 Å². The summed E-state index contributed by atoms with van der Waals surface area (Å²) in [4.78, 5) is 4.09. The number of nitrogens with zero attached hydrogens (tertiary/aromatic N) is 2. The van der Waals surface area contributed by atoms with Gasteiger partial charge in [0.15, 0.2) is 11.4 Å². The normalized spacial score (nSPS) is 18.5. The molecule has 3 rings (SSSR count). The molecule has 0 saturated carbocycles. The van der Waals surface area contributed by atoms with Crippen molar-refractivity contribution in [3.05, 3.63) is 59.5 Å². The van der Waals surface area contributed by atoms with Crippen molar-refractivity contribution in [1.29, 1.82) is 0 Å². The molecular weight excluding hydrogens is 337 g/mol. The molecule has 23 heavy (non-hydrogen) atoms. The second-order valence-corrected chi connectivity index (χ2v) is 6.56. The van der Waals surface area contributed by atoms with Gasteiger partial charge in [0.05, 0.1) is 11.2 Å². The zero-order valence-corrected chi connectivity index (χ0v) is 13.7. The van der Waals surface area contributed by atoms with Gasteiger partial charge in [-0.3, -0.25) is 4.98 Å². The van der Waals surface area contributed by atoms with Crippen molar-refractivity contribution in [2.45, 2.75) is 26.4 Å². The van der Waals surface area contributed by atoms with E-state index < -0.39 is 5.60 Å². The first-order chi connectivity index (χ1) is 10.2.